The van der Waals surface area contributed by atoms with Gasteiger partial charge in [0.1, 0.15) is 10.7 Å². The summed E-state index contributed by atoms with van der Waals surface area (Å²) in [5.74, 6) is -0.219. The summed E-state index contributed by atoms with van der Waals surface area (Å²) in [5.41, 5.74) is 2.21. The summed E-state index contributed by atoms with van der Waals surface area (Å²) in [7, 11) is 0. The zero-order valence-electron chi connectivity index (χ0n) is 17.5. The van der Waals surface area contributed by atoms with Crippen LogP contribution < -0.4 is 5.56 Å². The first-order valence-corrected chi connectivity index (χ1v) is 11.4. The Kier molecular flexibility index (Phi) is 6.01. The molecule has 1 aliphatic rings. The number of carboxylic acids is 1. The van der Waals surface area contributed by atoms with Gasteiger partial charge < -0.3 is 5.11 Å². The van der Waals surface area contributed by atoms with Crippen molar-refractivity contribution in [2.45, 2.75) is 52.6 Å². The molecule has 1 aromatic carbocycles. The number of nitrogens with zero attached hydrogens (tertiary/aromatic N) is 3. The lowest BCUT2D eigenvalue weighted by Crippen LogP contribution is -2.31. The third-order valence-corrected chi connectivity index (χ3v) is 7.11. The van der Waals surface area contributed by atoms with Crippen LogP contribution >= 0.6 is 11.3 Å². The Bertz CT molecular complexity index is 1140. The minimum Gasteiger partial charge on any atom is -0.478 e. The van der Waals surface area contributed by atoms with Gasteiger partial charge in [0.15, 0.2) is 0 Å². The Morgan fingerprint density at radius 2 is 2.00 bits per heavy atom. The van der Waals surface area contributed by atoms with E-state index in [2.05, 4.69) is 18.7 Å². The van der Waals surface area contributed by atoms with E-state index >= 15 is 0 Å². The standard InChI is InChI=1S/C23H27N3O3S/c1-3-25(4-2)14-19-24-21-20(17-10-5-6-11-18(17)30-21)22(27)26(19)13-15-8-7-9-16(12-15)23(28)29/h7-9,12H,3-6,10-11,13-14H2,1-2H3,(H,28,29). The molecule has 158 valence electrons. The smallest absolute Gasteiger partial charge is 0.335 e. The molecule has 7 heteroatoms. The lowest BCUT2D eigenvalue weighted by Gasteiger charge is -2.20. The van der Waals surface area contributed by atoms with E-state index in [-0.39, 0.29) is 11.1 Å². The maximum absolute atomic E-state index is 13.7. The van der Waals surface area contributed by atoms with E-state index < -0.39 is 5.97 Å². The highest BCUT2D eigenvalue weighted by Gasteiger charge is 2.22. The predicted octanol–water partition coefficient (Wildman–Crippen LogP) is 3.93. The van der Waals surface area contributed by atoms with Crippen LogP contribution in [0.3, 0.4) is 0 Å². The summed E-state index contributed by atoms with van der Waals surface area (Å²) in [6.45, 7) is 6.87. The maximum atomic E-state index is 13.7. The van der Waals surface area contributed by atoms with Crippen molar-refractivity contribution in [1.82, 2.24) is 14.5 Å². The van der Waals surface area contributed by atoms with Gasteiger partial charge in [0, 0.05) is 4.88 Å². The van der Waals surface area contributed by atoms with E-state index in [1.165, 1.54) is 16.9 Å². The molecular weight excluding hydrogens is 398 g/mol. The first kappa shape index (κ1) is 20.8. The number of aromatic carboxylic acids is 1. The molecule has 1 aliphatic carbocycles. The van der Waals surface area contributed by atoms with Crippen LogP contribution in [0.4, 0.5) is 0 Å². The second-order valence-electron chi connectivity index (χ2n) is 7.78. The molecule has 0 amide bonds. The van der Waals surface area contributed by atoms with Gasteiger partial charge in [0.05, 0.1) is 24.0 Å². The molecule has 4 rings (SSSR count). The molecule has 0 bridgehead atoms. The monoisotopic (exact) mass is 425 g/mol. The molecule has 0 fully saturated rings. The normalized spacial score (nSPS) is 13.7. The van der Waals surface area contributed by atoms with Crippen LogP contribution in [0.1, 0.15) is 58.9 Å². The maximum Gasteiger partial charge on any atom is 0.335 e. The molecule has 0 saturated carbocycles. The molecule has 2 heterocycles. The summed E-state index contributed by atoms with van der Waals surface area (Å²) in [5, 5.41) is 10.1. The summed E-state index contributed by atoms with van der Waals surface area (Å²) >= 11 is 1.67. The van der Waals surface area contributed by atoms with E-state index in [0.29, 0.717) is 13.1 Å². The van der Waals surface area contributed by atoms with Crippen molar-refractivity contribution < 1.29 is 9.90 Å². The largest absolute Gasteiger partial charge is 0.478 e. The van der Waals surface area contributed by atoms with Gasteiger partial charge in [-0.3, -0.25) is 14.3 Å². The van der Waals surface area contributed by atoms with E-state index in [4.69, 9.17) is 4.98 Å². The predicted molar refractivity (Wildman–Crippen MR) is 120 cm³/mol. The van der Waals surface area contributed by atoms with Crippen molar-refractivity contribution in [1.29, 1.82) is 0 Å². The Balaban J connectivity index is 1.86. The fraction of sp³-hybridized carbons (Fsp3) is 0.435. The molecule has 2 aromatic heterocycles. The second kappa shape index (κ2) is 8.70. The molecule has 0 unspecified atom stereocenters. The van der Waals surface area contributed by atoms with Crippen molar-refractivity contribution in [2.75, 3.05) is 13.1 Å². The van der Waals surface area contributed by atoms with Crippen LogP contribution in [0.15, 0.2) is 29.1 Å². The van der Waals surface area contributed by atoms with Crippen molar-refractivity contribution in [3.05, 3.63) is 62.0 Å². The van der Waals surface area contributed by atoms with Gasteiger partial charge >= 0.3 is 5.97 Å². The molecule has 0 aliphatic heterocycles. The van der Waals surface area contributed by atoms with Gasteiger partial charge in [0.2, 0.25) is 0 Å². The molecule has 0 saturated heterocycles. The van der Waals surface area contributed by atoms with Gasteiger partial charge in [-0.2, -0.15) is 0 Å². The lowest BCUT2D eigenvalue weighted by atomic mass is 9.97. The summed E-state index contributed by atoms with van der Waals surface area (Å²) in [4.78, 5) is 34.4. The van der Waals surface area contributed by atoms with Crippen LogP contribution in [0.25, 0.3) is 10.2 Å². The number of aryl methyl sites for hydroxylation is 2. The van der Waals surface area contributed by atoms with E-state index in [1.54, 1.807) is 34.1 Å². The van der Waals surface area contributed by atoms with Crippen LogP contribution in [0.2, 0.25) is 0 Å². The number of thiophene rings is 1. The molecule has 0 atom stereocenters. The van der Waals surface area contributed by atoms with E-state index in [1.807, 2.05) is 6.07 Å². The van der Waals surface area contributed by atoms with Gasteiger partial charge in [-0.25, -0.2) is 9.78 Å². The zero-order valence-corrected chi connectivity index (χ0v) is 18.3. The molecule has 1 N–H and O–H groups in total. The Morgan fingerprint density at radius 1 is 1.23 bits per heavy atom. The summed E-state index contributed by atoms with van der Waals surface area (Å²) in [6.07, 6.45) is 4.25. The number of rotatable bonds is 7. The van der Waals surface area contributed by atoms with Crippen LogP contribution in [-0.4, -0.2) is 38.6 Å². The fourth-order valence-corrected chi connectivity index (χ4v) is 5.47. The van der Waals surface area contributed by atoms with Gasteiger partial charge in [0.25, 0.3) is 5.56 Å². The molecule has 0 radical (unpaired) electrons. The van der Waals surface area contributed by atoms with Gasteiger partial charge in [-0.1, -0.05) is 26.0 Å². The molecular formula is C23H27N3O3S. The highest BCUT2D eigenvalue weighted by Crippen LogP contribution is 2.34. The quantitative estimate of drug-likeness (QED) is 0.621. The van der Waals surface area contributed by atoms with Crippen LogP contribution in [-0.2, 0) is 25.9 Å². The van der Waals surface area contributed by atoms with Crippen LogP contribution in [0, 0.1) is 0 Å². The minimum absolute atomic E-state index is 0.00211. The second-order valence-corrected chi connectivity index (χ2v) is 8.86. The Labute approximate surface area is 179 Å². The fourth-order valence-electron chi connectivity index (χ4n) is 4.20. The number of benzene rings is 1. The molecule has 30 heavy (non-hydrogen) atoms. The third kappa shape index (κ3) is 3.91. The van der Waals surface area contributed by atoms with E-state index in [0.717, 1.165) is 54.0 Å². The van der Waals surface area contributed by atoms with Gasteiger partial charge in [-0.15, -0.1) is 11.3 Å². The Hall–Kier alpha value is -2.51. The molecule has 0 spiro atoms. The molecule has 6 nitrogen and oxygen atoms in total. The minimum atomic E-state index is -0.965. The summed E-state index contributed by atoms with van der Waals surface area (Å²) in [6, 6.07) is 6.81. The average molecular weight is 426 g/mol. The van der Waals surface area contributed by atoms with Crippen molar-refractivity contribution >= 4 is 27.5 Å². The van der Waals surface area contributed by atoms with E-state index in [9.17, 15) is 14.7 Å². The van der Waals surface area contributed by atoms with Crippen molar-refractivity contribution in [3.63, 3.8) is 0 Å². The zero-order chi connectivity index (χ0) is 21.3. The lowest BCUT2D eigenvalue weighted by molar-refractivity contribution is 0.0696. The SMILES string of the molecule is CCN(CC)Cc1nc2sc3c(c2c(=O)n1Cc1cccc(C(=O)O)c1)CCCC3. The third-order valence-electron chi connectivity index (χ3n) is 5.93. The van der Waals surface area contributed by atoms with Crippen molar-refractivity contribution in [2.24, 2.45) is 0 Å². The van der Waals surface area contributed by atoms with Crippen LogP contribution in [0.5, 0.6) is 0 Å². The van der Waals surface area contributed by atoms with Crippen molar-refractivity contribution in [3.8, 4) is 0 Å². The topological polar surface area (TPSA) is 75.4 Å². The Morgan fingerprint density at radius 3 is 2.73 bits per heavy atom. The number of carboxylic acid groups (broad SMARTS) is 1. The van der Waals surface area contributed by atoms with Gasteiger partial charge in [-0.05, 0) is 62.0 Å². The molecule has 3 aromatic rings. The highest BCUT2D eigenvalue weighted by atomic mass is 32.1. The number of fused-ring (bicyclic) bond motifs is 3. The first-order valence-electron chi connectivity index (χ1n) is 10.6. The average Bonchev–Trinajstić information content (AvgIpc) is 3.13. The highest BCUT2D eigenvalue weighted by molar-refractivity contribution is 7.18. The summed E-state index contributed by atoms with van der Waals surface area (Å²) < 4.78 is 1.75. The number of carbonyl (C=O) groups is 1. The number of aromatic nitrogens is 2. The number of hydrogen-bond donors (Lipinski definition) is 1. The number of hydrogen-bond acceptors (Lipinski definition) is 5. The first-order chi connectivity index (χ1) is 14.5.